The fraction of sp³-hybridized carbons (Fsp3) is 0.258. The highest BCUT2D eigenvalue weighted by molar-refractivity contribution is 8.00. The summed E-state index contributed by atoms with van der Waals surface area (Å²) in [4.78, 5) is 1.42. The molecule has 1 aromatic heterocycles. The van der Waals surface area contributed by atoms with Crippen LogP contribution in [-0.4, -0.2) is 55.0 Å². The van der Waals surface area contributed by atoms with E-state index in [4.69, 9.17) is 9.11 Å². The van der Waals surface area contributed by atoms with E-state index in [2.05, 4.69) is 0 Å². The first kappa shape index (κ1) is 38.5. The number of nitrogens with zero attached hydrogens (tertiary/aromatic N) is 2. The van der Waals surface area contributed by atoms with E-state index in [0.717, 1.165) is 0 Å². The summed E-state index contributed by atoms with van der Waals surface area (Å²) in [5, 5.41) is 0.259. The monoisotopic (exact) mass is 767 g/mol. The maximum atomic E-state index is 13.4. The van der Waals surface area contributed by atoms with Crippen molar-refractivity contribution in [2.75, 3.05) is 23.0 Å². The van der Waals surface area contributed by atoms with E-state index in [1.807, 2.05) is 0 Å². The number of aromatic nitrogens is 1. The maximum Gasteiger partial charge on any atom is 0.446 e. The number of pyridine rings is 1. The molecule has 0 amide bonds. The third-order valence-electron chi connectivity index (χ3n) is 6.90. The Labute approximate surface area is 287 Å². The Morgan fingerprint density at radius 3 is 2.10 bits per heavy atom. The molecule has 1 aliphatic rings. The number of hydrogen-bond acceptors (Lipinski definition) is 7. The highest BCUT2D eigenvalue weighted by Crippen LogP contribution is 2.45. The molecule has 2 N–H and O–H groups in total. The Balaban J connectivity index is 1.66. The molecule has 0 radical (unpaired) electrons. The third kappa shape index (κ3) is 11.9. The largest absolute Gasteiger partial charge is 0.446 e. The SMILES string of the molecule is O=S(=O)(O)CCCN1C=C\C(=C/C=C/C=C/c2cc[n+](CCCS(=O)(=O)O)c3cccc(SC(F)(F)F)c23)c2c(SC(F)(F)F)cccc21. The Kier molecular flexibility index (Phi) is 12.4. The maximum absolute atomic E-state index is 13.4. The van der Waals surface area contributed by atoms with Gasteiger partial charge in [-0.3, -0.25) is 9.11 Å². The van der Waals surface area contributed by atoms with Crippen LogP contribution in [0, 0.1) is 0 Å². The zero-order chi connectivity index (χ0) is 36.0. The zero-order valence-corrected chi connectivity index (χ0v) is 28.5. The van der Waals surface area contributed by atoms with Crippen molar-refractivity contribution in [2.45, 2.75) is 40.2 Å². The van der Waals surface area contributed by atoms with Crippen molar-refractivity contribution >= 4 is 72.0 Å². The van der Waals surface area contributed by atoms with Gasteiger partial charge in [-0.15, -0.1) is 0 Å². The summed E-state index contributed by atoms with van der Waals surface area (Å²) >= 11 is -0.596. The highest BCUT2D eigenvalue weighted by Gasteiger charge is 2.33. The Morgan fingerprint density at radius 2 is 1.43 bits per heavy atom. The van der Waals surface area contributed by atoms with Crippen LogP contribution >= 0.6 is 23.5 Å². The summed E-state index contributed by atoms with van der Waals surface area (Å²) < 4.78 is 145. The van der Waals surface area contributed by atoms with Gasteiger partial charge in [0.2, 0.25) is 5.52 Å². The molecule has 0 fully saturated rings. The van der Waals surface area contributed by atoms with Crippen molar-refractivity contribution in [3.8, 4) is 0 Å². The molecule has 8 nitrogen and oxygen atoms in total. The molecular weight excluding hydrogens is 739 g/mol. The van der Waals surface area contributed by atoms with Crippen LogP contribution in [0.15, 0.2) is 95.0 Å². The van der Waals surface area contributed by atoms with Crippen molar-refractivity contribution in [1.82, 2.24) is 0 Å². The van der Waals surface area contributed by atoms with Gasteiger partial charge in [-0.2, -0.15) is 47.7 Å². The Hall–Kier alpha value is -3.29. The summed E-state index contributed by atoms with van der Waals surface area (Å²) in [6.45, 7) is 0.213. The van der Waals surface area contributed by atoms with Crippen molar-refractivity contribution < 1.29 is 56.9 Å². The van der Waals surface area contributed by atoms with Crippen molar-refractivity contribution in [3.05, 3.63) is 96.4 Å². The predicted molar refractivity (Wildman–Crippen MR) is 179 cm³/mol. The molecule has 49 heavy (non-hydrogen) atoms. The molecule has 18 heteroatoms. The van der Waals surface area contributed by atoms with E-state index >= 15 is 0 Å². The molecule has 2 aromatic carbocycles. The van der Waals surface area contributed by atoms with Crippen LogP contribution in [-0.2, 0) is 26.8 Å². The molecule has 0 saturated heterocycles. The summed E-state index contributed by atoms with van der Waals surface area (Å²) in [6, 6.07) is 10.3. The van der Waals surface area contributed by atoms with Gasteiger partial charge in [0.05, 0.1) is 16.9 Å². The molecule has 0 aliphatic carbocycles. The summed E-state index contributed by atoms with van der Waals surface area (Å²) in [6.07, 6.45) is 12.6. The minimum absolute atomic E-state index is 0.0188. The molecule has 0 spiro atoms. The molecule has 0 saturated carbocycles. The van der Waals surface area contributed by atoms with Crippen LogP contribution in [0.4, 0.5) is 32.0 Å². The summed E-state index contributed by atoms with van der Waals surface area (Å²) in [7, 11) is -8.46. The Morgan fingerprint density at radius 1 is 0.796 bits per heavy atom. The van der Waals surface area contributed by atoms with Gasteiger partial charge in [0, 0.05) is 52.3 Å². The smallest absolute Gasteiger partial charge is 0.347 e. The fourth-order valence-electron chi connectivity index (χ4n) is 5.07. The van der Waals surface area contributed by atoms with Gasteiger partial charge < -0.3 is 4.90 Å². The number of rotatable bonds is 13. The van der Waals surface area contributed by atoms with Crippen molar-refractivity contribution in [1.29, 1.82) is 0 Å². The fourth-order valence-corrected chi connectivity index (χ4v) is 7.50. The van der Waals surface area contributed by atoms with Crippen molar-refractivity contribution in [2.24, 2.45) is 0 Å². The second kappa shape index (κ2) is 15.7. The number of alkyl halides is 6. The van der Waals surface area contributed by atoms with E-state index in [-0.39, 0.29) is 70.2 Å². The normalized spacial score (nSPS) is 15.3. The topological polar surface area (TPSA) is 116 Å². The van der Waals surface area contributed by atoms with Crippen LogP contribution in [0.1, 0.15) is 24.0 Å². The molecule has 0 unspecified atom stereocenters. The lowest BCUT2D eigenvalue weighted by Crippen LogP contribution is -2.35. The molecule has 0 atom stereocenters. The lowest BCUT2D eigenvalue weighted by atomic mass is 9.99. The lowest BCUT2D eigenvalue weighted by Gasteiger charge is -2.29. The molecule has 3 aromatic rings. The number of benzene rings is 2. The number of halogens is 6. The van der Waals surface area contributed by atoms with E-state index in [0.29, 0.717) is 22.3 Å². The summed E-state index contributed by atoms with van der Waals surface area (Å²) in [5.74, 6) is -1.05. The average molecular weight is 768 g/mol. The lowest BCUT2D eigenvalue weighted by molar-refractivity contribution is -0.671. The molecule has 4 rings (SSSR count). The summed E-state index contributed by atoms with van der Waals surface area (Å²) in [5.41, 5.74) is -7.29. The second-order valence-electron chi connectivity index (χ2n) is 10.5. The number of allylic oxidation sites excluding steroid dienone is 6. The van der Waals surface area contributed by atoms with Crippen LogP contribution in [0.2, 0.25) is 0 Å². The van der Waals surface area contributed by atoms with Gasteiger partial charge in [-0.1, -0.05) is 42.5 Å². The minimum Gasteiger partial charge on any atom is -0.347 e. The number of thioether (sulfide) groups is 2. The van der Waals surface area contributed by atoms with Gasteiger partial charge in [0.25, 0.3) is 20.2 Å². The van der Waals surface area contributed by atoms with E-state index in [1.54, 1.807) is 76.5 Å². The zero-order valence-electron chi connectivity index (χ0n) is 25.2. The van der Waals surface area contributed by atoms with E-state index in [1.165, 1.54) is 24.3 Å². The standard InChI is InChI=1S/C31H28F6N2O6S4/c32-30(33,34)46-26-12-4-10-24-28(26)22(14-18-38(24)16-6-20-48(40,41)42)8-2-1-3-9-23-15-19-39(17-7-21-49(43,44)45)25-11-5-13-27(29(23)25)47-31(35,36)37/h1-5,8-15,18-19H,6-7,16-17,20-21H2,(H-,40,41,42,43,44,45)/p+1. The average Bonchev–Trinajstić information content (AvgIpc) is 2.96. The molecular formula is C31H29F6N2O6S4+. The van der Waals surface area contributed by atoms with Gasteiger partial charge >= 0.3 is 11.0 Å². The van der Waals surface area contributed by atoms with Crippen LogP contribution < -0.4 is 9.47 Å². The highest BCUT2D eigenvalue weighted by atomic mass is 32.2. The first-order chi connectivity index (χ1) is 22.8. The van der Waals surface area contributed by atoms with Crippen LogP contribution in [0.3, 0.4) is 0 Å². The van der Waals surface area contributed by atoms with Gasteiger partial charge in [0.1, 0.15) is 6.54 Å². The minimum atomic E-state index is -4.59. The third-order valence-corrected chi connectivity index (χ3v) is 10.1. The first-order valence-corrected chi connectivity index (χ1v) is 19.1. The molecule has 2 heterocycles. The van der Waals surface area contributed by atoms with Gasteiger partial charge in [0.15, 0.2) is 6.20 Å². The molecule has 1 aliphatic heterocycles. The van der Waals surface area contributed by atoms with E-state index in [9.17, 15) is 43.2 Å². The molecule has 264 valence electrons. The number of anilines is 1. The van der Waals surface area contributed by atoms with E-state index < -0.39 is 42.8 Å². The van der Waals surface area contributed by atoms with Crippen LogP contribution in [0.5, 0.6) is 0 Å². The van der Waals surface area contributed by atoms with Crippen molar-refractivity contribution in [3.63, 3.8) is 0 Å². The van der Waals surface area contributed by atoms with Gasteiger partial charge in [-0.25, -0.2) is 0 Å². The number of fused-ring (bicyclic) bond motifs is 2. The number of hydrogen-bond donors (Lipinski definition) is 2. The van der Waals surface area contributed by atoms with Gasteiger partial charge in [-0.05, 0) is 65.4 Å². The number of aryl methyl sites for hydroxylation is 1. The quantitative estimate of drug-likeness (QED) is 0.0589. The van der Waals surface area contributed by atoms with Crippen LogP contribution in [0.25, 0.3) is 22.6 Å². The first-order valence-electron chi connectivity index (χ1n) is 14.3. The molecule has 0 bridgehead atoms. The predicted octanol–water partition coefficient (Wildman–Crippen LogP) is 7.89. The Bertz CT molecular complexity index is 2030. The second-order valence-corrected chi connectivity index (χ2v) is 15.9.